The average Bonchev–Trinajstić information content (AvgIpc) is 3.24. The van der Waals surface area contributed by atoms with Gasteiger partial charge in [0.2, 0.25) is 23.7 Å². The summed E-state index contributed by atoms with van der Waals surface area (Å²) in [5.41, 5.74) is 3.37. The number of hydrogen-bond donors (Lipinski definition) is 2. The van der Waals surface area contributed by atoms with Crippen molar-refractivity contribution in [2.24, 2.45) is 0 Å². The average molecular weight is 899 g/mol. The monoisotopic (exact) mass is 898 g/mol. The lowest BCUT2D eigenvalue weighted by Crippen LogP contribution is -2.48. The normalized spacial score (nSPS) is 19.2. The van der Waals surface area contributed by atoms with E-state index in [-0.39, 0.29) is 83.6 Å². The summed E-state index contributed by atoms with van der Waals surface area (Å²) in [6.45, 7) is -0.121. The summed E-state index contributed by atoms with van der Waals surface area (Å²) in [6, 6.07) is 20.7. The third-order valence-corrected chi connectivity index (χ3v) is 14.6. The number of hydrogen-bond acceptors (Lipinski definition) is 9. The summed E-state index contributed by atoms with van der Waals surface area (Å²) in [6.07, 6.45) is 2.28. The second kappa shape index (κ2) is 16.2. The fourth-order valence-electron chi connectivity index (χ4n) is 8.06. The van der Waals surface area contributed by atoms with Crippen molar-refractivity contribution in [1.29, 1.82) is 0 Å². The van der Waals surface area contributed by atoms with E-state index in [9.17, 15) is 23.5 Å². The number of rotatable bonds is 10. The maximum atomic E-state index is 17.4. The number of halogens is 6. The van der Waals surface area contributed by atoms with Gasteiger partial charge in [0.05, 0.1) is 19.1 Å². The molecule has 2 fully saturated rings. The molecule has 320 valence electrons. The number of aromatic nitrogens is 2. The molecule has 4 heterocycles. The fourth-order valence-corrected chi connectivity index (χ4v) is 11.3. The maximum absolute atomic E-state index is 17.4. The number of carbonyl (C=O) groups is 2. The first kappa shape index (κ1) is 41.7. The van der Waals surface area contributed by atoms with Crippen molar-refractivity contribution in [1.82, 2.24) is 15.3 Å². The molecule has 2 saturated heterocycles. The van der Waals surface area contributed by atoms with Crippen LogP contribution in [0.2, 0.25) is 5.15 Å². The van der Waals surface area contributed by atoms with Crippen molar-refractivity contribution < 1.29 is 50.5 Å². The highest BCUT2D eigenvalue weighted by molar-refractivity contribution is 7.83. The number of carboxylic acid groups (broad SMARTS) is 1. The number of amides is 1. The molecule has 0 spiro atoms. The van der Waals surface area contributed by atoms with E-state index in [1.807, 2.05) is 0 Å². The minimum atomic E-state index is -4.04. The van der Waals surface area contributed by atoms with Gasteiger partial charge in [0.15, 0.2) is 31.9 Å². The third-order valence-electron chi connectivity index (χ3n) is 11.3. The number of allylic oxidation sites excluding steroid dienone is 5. The van der Waals surface area contributed by atoms with E-state index in [0.29, 0.717) is 27.8 Å². The van der Waals surface area contributed by atoms with Crippen LogP contribution >= 0.6 is 18.7 Å². The van der Waals surface area contributed by atoms with E-state index in [4.69, 9.17) is 22.1 Å². The lowest BCUT2D eigenvalue weighted by atomic mass is 9.85. The van der Waals surface area contributed by atoms with Gasteiger partial charge < -0.3 is 35.2 Å². The molecule has 1 aromatic heterocycles. The highest BCUT2D eigenvalue weighted by Gasteiger charge is 2.46. The first-order chi connectivity index (χ1) is 30.2. The number of nitrogens with two attached hydrogens (primary N) is 1. The van der Waals surface area contributed by atoms with Gasteiger partial charge in [-0.25, -0.2) is 31.5 Å². The molecule has 1 amide bonds. The molecule has 4 aromatic carbocycles. The number of nitrogens with zero attached hydrogens (tertiary/aromatic N) is 4. The standard InChI is InChI=1S/C45H33ClF5N6O5P/c46-34-16-35(55-45(52)54-34)62-22-24-8-6-23(7-9-24)17-53-43(58)39-40(49)37(38(44(59)60)41(50)42(39)51)36-30-12-10-27(56-18-25(47)19-56)14-32(30)63(61,29-4-2-1-3-5-29)33-15-28(11-13-31(33)36)57-20-26(48)21-57/h1-16,25-26H,17-22H2,(H3-,52,53,54,55,58,59,60). The molecule has 0 bridgehead atoms. The van der Waals surface area contributed by atoms with Gasteiger partial charge in [0.1, 0.15) is 29.3 Å². The number of nitrogen functional groups attached to an aromatic ring is 1. The Labute approximate surface area is 361 Å². The van der Waals surface area contributed by atoms with Gasteiger partial charge in [-0.3, -0.25) is 4.79 Å². The third kappa shape index (κ3) is 7.46. The van der Waals surface area contributed by atoms with Crippen molar-refractivity contribution in [2.75, 3.05) is 36.8 Å². The lowest BCUT2D eigenvalue weighted by molar-refractivity contribution is -0.599. The summed E-state index contributed by atoms with van der Waals surface area (Å²) >= 11 is 5.90. The number of carboxylic acids is 1. The molecule has 3 N–H and O–H groups in total. The topological polar surface area (TPSA) is 154 Å². The first-order valence-corrected chi connectivity index (χ1v) is 21.6. The zero-order chi connectivity index (χ0) is 44.3. The van der Waals surface area contributed by atoms with Crippen molar-refractivity contribution in [2.45, 2.75) is 25.5 Å². The number of nitrogens with one attached hydrogen (secondary N) is 1. The van der Waals surface area contributed by atoms with Crippen LogP contribution in [0.5, 0.6) is 5.88 Å². The number of carbonyl (C=O) groups excluding carboxylic acids is 2. The highest BCUT2D eigenvalue weighted by atomic mass is 35.5. The predicted octanol–water partition coefficient (Wildman–Crippen LogP) is 5.55. The van der Waals surface area contributed by atoms with E-state index in [1.165, 1.54) is 30.4 Å². The van der Waals surface area contributed by atoms with Gasteiger partial charge >= 0.3 is 0 Å². The summed E-state index contributed by atoms with van der Waals surface area (Å²) in [7, 11) is -4.04. The van der Waals surface area contributed by atoms with Crippen LogP contribution in [-0.4, -0.2) is 70.7 Å². The second-order valence-electron chi connectivity index (χ2n) is 15.3. The molecule has 0 radical (unpaired) electrons. The van der Waals surface area contributed by atoms with Gasteiger partial charge in [-0.05, 0) is 40.5 Å². The summed E-state index contributed by atoms with van der Waals surface area (Å²) < 4.78 is 101. The first-order valence-electron chi connectivity index (χ1n) is 19.5. The van der Waals surface area contributed by atoms with Gasteiger partial charge in [0.25, 0.3) is 5.91 Å². The van der Waals surface area contributed by atoms with Gasteiger partial charge in [-0.1, -0.05) is 72.3 Å². The number of ether oxygens (including phenoxy) is 1. The summed E-state index contributed by atoms with van der Waals surface area (Å²) in [4.78, 5) is 36.0. The fraction of sp³-hybridized carbons (Fsp3) is 0.178. The molecule has 1 unspecified atom stereocenters. The molecular formula is C45H33ClF5N6O5P. The minimum Gasteiger partial charge on any atom is -0.545 e. The SMILES string of the molecule is Nc1nc(Cl)cc(OCc2ccc(CNC(=O)c3c(F)c(F)c(C(=O)[O-])c(C4=C5C=CC(=[N+]6CC(F)C6)C=C5P(=O)(c5ccccc5)c5cc(N6CC(F)C6)ccc54)c3F)cc2)n1. The number of anilines is 2. The smallest absolute Gasteiger partial charge is 0.257 e. The Hall–Kier alpha value is -6.64. The zero-order valence-electron chi connectivity index (χ0n) is 32.8. The Morgan fingerprint density at radius 3 is 2.27 bits per heavy atom. The summed E-state index contributed by atoms with van der Waals surface area (Å²) in [5.74, 6) is -9.48. The number of benzene rings is 4. The van der Waals surface area contributed by atoms with E-state index in [2.05, 4.69) is 15.3 Å². The number of fused-ring (bicyclic) bond motifs is 2. The molecule has 3 aliphatic heterocycles. The predicted molar refractivity (Wildman–Crippen MR) is 224 cm³/mol. The van der Waals surface area contributed by atoms with Crippen LogP contribution < -0.4 is 36.4 Å². The number of aromatic carboxylic acids is 1. The Bertz CT molecular complexity index is 2910. The summed E-state index contributed by atoms with van der Waals surface area (Å²) in [5, 5.41) is 15.8. The van der Waals surface area contributed by atoms with Gasteiger partial charge in [-0.2, -0.15) is 4.98 Å². The Morgan fingerprint density at radius 2 is 1.60 bits per heavy atom. The van der Waals surface area contributed by atoms with E-state index < -0.39 is 65.5 Å². The molecule has 1 aliphatic carbocycles. The molecule has 63 heavy (non-hydrogen) atoms. The van der Waals surface area contributed by atoms with Crippen molar-refractivity contribution in [3.8, 4) is 5.88 Å². The zero-order valence-corrected chi connectivity index (χ0v) is 34.4. The molecule has 4 aliphatic rings. The van der Waals surface area contributed by atoms with Gasteiger partial charge in [0, 0.05) is 63.1 Å². The Morgan fingerprint density at radius 1 is 0.905 bits per heavy atom. The minimum absolute atomic E-state index is 0.00889. The number of alkyl halides is 2. The van der Waals surface area contributed by atoms with E-state index >= 15 is 17.7 Å². The van der Waals surface area contributed by atoms with Crippen molar-refractivity contribution in [3.63, 3.8) is 0 Å². The van der Waals surface area contributed by atoms with Gasteiger partial charge in [-0.15, -0.1) is 0 Å². The molecule has 9 rings (SSSR count). The second-order valence-corrected chi connectivity index (χ2v) is 18.3. The van der Waals surface area contributed by atoms with Crippen LogP contribution in [0.4, 0.5) is 33.6 Å². The van der Waals surface area contributed by atoms with Crippen LogP contribution in [0.1, 0.15) is 43.0 Å². The largest absolute Gasteiger partial charge is 0.545 e. The van der Waals surface area contributed by atoms with Crippen LogP contribution in [0.15, 0.2) is 108 Å². The van der Waals surface area contributed by atoms with Crippen LogP contribution in [0.25, 0.3) is 5.57 Å². The molecule has 18 heteroatoms. The molecule has 5 aromatic rings. The lowest BCUT2D eigenvalue weighted by Gasteiger charge is -2.39. The van der Waals surface area contributed by atoms with Crippen molar-refractivity contribution >= 4 is 64.1 Å². The molecule has 11 nitrogen and oxygen atoms in total. The quantitative estimate of drug-likeness (QED) is 0.0605. The Balaban J connectivity index is 1.15. The van der Waals surface area contributed by atoms with Crippen LogP contribution in [0, 0.1) is 17.5 Å². The van der Waals surface area contributed by atoms with Crippen LogP contribution in [-0.2, 0) is 17.7 Å². The maximum Gasteiger partial charge on any atom is 0.257 e. The van der Waals surface area contributed by atoms with E-state index in [0.717, 1.165) is 0 Å². The van der Waals surface area contributed by atoms with E-state index in [1.54, 1.807) is 76.2 Å². The Kier molecular flexibility index (Phi) is 10.8. The highest BCUT2D eigenvalue weighted by Crippen LogP contribution is 2.62. The molecule has 1 atom stereocenters. The van der Waals surface area contributed by atoms with Crippen LogP contribution in [0.3, 0.4) is 0 Å². The van der Waals surface area contributed by atoms with Crippen molar-refractivity contribution in [3.05, 3.63) is 164 Å². The molecular weight excluding hydrogens is 866 g/mol. The molecule has 0 saturated carbocycles.